The van der Waals surface area contributed by atoms with E-state index >= 15 is 0 Å². The summed E-state index contributed by atoms with van der Waals surface area (Å²) in [6.45, 7) is 0.388. The molecule has 3 rings (SSSR count). The fourth-order valence-electron chi connectivity index (χ4n) is 2.45. The van der Waals surface area contributed by atoms with Crippen LogP contribution in [0.5, 0.6) is 0 Å². The first-order chi connectivity index (χ1) is 13.3. The molecule has 1 aromatic heterocycles. The molecule has 0 fully saturated rings. The van der Waals surface area contributed by atoms with Gasteiger partial charge >= 0.3 is 0 Å². The normalized spacial score (nSPS) is 10.6. The Morgan fingerprint density at radius 1 is 1.04 bits per heavy atom. The summed E-state index contributed by atoms with van der Waals surface area (Å²) in [5, 5.41) is 14.9. The first kappa shape index (κ1) is 19.0. The molecule has 27 heavy (non-hydrogen) atoms. The van der Waals surface area contributed by atoms with Crippen LogP contribution in [-0.4, -0.2) is 27.4 Å². The SMILES string of the molecule is O=NCc1ccc(Nc2nccc(-c3ccc(SCCCO)cc3)n2)cc1. The number of aliphatic hydroxyl groups is 1. The number of nitrogens with one attached hydrogen (secondary N) is 1. The summed E-state index contributed by atoms with van der Waals surface area (Å²) in [7, 11) is 0. The minimum Gasteiger partial charge on any atom is -0.396 e. The van der Waals surface area contributed by atoms with Crippen LogP contribution in [0.2, 0.25) is 0 Å². The highest BCUT2D eigenvalue weighted by molar-refractivity contribution is 7.99. The quantitative estimate of drug-likeness (QED) is 0.320. The molecule has 7 heteroatoms. The van der Waals surface area contributed by atoms with E-state index in [1.807, 2.05) is 42.5 Å². The lowest BCUT2D eigenvalue weighted by atomic mass is 10.1. The maximum Gasteiger partial charge on any atom is 0.227 e. The number of anilines is 2. The predicted octanol–water partition coefficient (Wildman–Crippen LogP) is 4.63. The van der Waals surface area contributed by atoms with Gasteiger partial charge in [0.25, 0.3) is 0 Å². The largest absolute Gasteiger partial charge is 0.396 e. The number of hydrogen-bond acceptors (Lipinski definition) is 7. The van der Waals surface area contributed by atoms with Crippen molar-refractivity contribution in [3.63, 3.8) is 0 Å². The Labute approximate surface area is 162 Å². The summed E-state index contributed by atoms with van der Waals surface area (Å²) in [4.78, 5) is 20.3. The maximum absolute atomic E-state index is 10.3. The van der Waals surface area contributed by atoms with Crippen LogP contribution in [-0.2, 0) is 6.54 Å². The van der Waals surface area contributed by atoms with Crippen LogP contribution in [0.3, 0.4) is 0 Å². The second-order valence-corrected chi connectivity index (χ2v) is 6.99. The molecule has 6 nitrogen and oxygen atoms in total. The number of aliphatic hydroxyl groups excluding tert-OH is 1. The van der Waals surface area contributed by atoms with Gasteiger partial charge in [0.1, 0.15) is 6.54 Å². The number of benzene rings is 2. The zero-order valence-corrected chi connectivity index (χ0v) is 15.5. The molecule has 0 aliphatic carbocycles. The van der Waals surface area contributed by atoms with Crippen molar-refractivity contribution in [3.8, 4) is 11.3 Å². The zero-order valence-electron chi connectivity index (χ0n) is 14.7. The van der Waals surface area contributed by atoms with Gasteiger partial charge in [0.2, 0.25) is 5.95 Å². The lowest BCUT2D eigenvalue weighted by Gasteiger charge is -2.08. The van der Waals surface area contributed by atoms with Gasteiger partial charge in [0.15, 0.2) is 0 Å². The summed E-state index contributed by atoms with van der Waals surface area (Å²) >= 11 is 1.73. The van der Waals surface area contributed by atoms with Crippen molar-refractivity contribution >= 4 is 23.4 Å². The molecule has 0 saturated heterocycles. The Bertz CT molecular complexity index is 870. The van der Waals surface area contributed by atoms with E-state index < -0.39 is 0 Å². The second kappa shape index (κ2) is 9.80. The Morgan fingerprint density at radius 3 is 2.52 bits per heavy atom. The number of hydrogen-bond donors (Lipinski definition) is 2. The predicted molar refractivity (Wildman–Crippen MR) is 109 cm³/mol. The fourth-order valence-corrected chi connectivity index (χ4v) is 3.29. The first-order valence-corrected chi connectivity index (χ1v) is 9.59. The van der Waals surface area contributed by atoms with Crippen molar-refractivity contribution in [1.29, 1.82) is 0 Å². The minimum atomic E-state index is 0.167. The third kappa shape index (κ3) is 5.60. The van der Waals surface area contributed by atoms with Crippen molar-refractivity contribution < 1.29 is 5.11 Å². The first-order valence-electron chi connectivity index (χ1n) is 8.61. The number of nitrogens with zero attached hydrogens (tertiary/aromatic N) is 3. The Kier molecular flexibility index (Phi) is 6.90. The van der Waals surface area contributed by atoms with E-state index in [-0.39, 0.29) is 13.2 Å². The van der Waals surface area contributed by atoms with Gasteiger partial charge in [-0.15, -0.1) is 11.8 Å². The van der Waals surface area contributed by atoms with Gasteiger partial charge in [0, 0.05) is 34.7 Å². The molecule has 138 valence electrons. The van der Waals surface area contributed by atoms with E-state index in [1.165, 1.54) is 4.90 Å². The van der Waals surface area contributed by atoms with Gasteiger partial charge in [-0.2, -0.15) is 4.91 Å². The molecule has 1 heterocycles. The molecule has 2 N–H and O–H groups in total. The Morgan fingerprint density at radius 2 is 1.81 bits per heavy atom. The van der Waals surface area contributed by atoms with Gasteiger partial charge in [0.05, 0.1) is 5.69 Å². The van der Waals surface area contributed by atoms with E-state index in [9.17, 15) is 4.91 Å². The lowest BCUT2D eigenvalue weighted by molar-refractivity contribution is 0.296. The van der Waals surface area contributed by atoms with Crippen LogP contribution >= 0.6 is 11.8 Å². The second-order valence-electron chi connectivity index (χ2n) is 5.82. The van der Waals surface area contributed by atoms with Crippen LogP contribution in [0.4, 0.5) is 11.6 Å². The third-order valence-corrected chi connectivity index (χ3v) is 4.93. The van der Waals surface area contributed by atoms with E-state index in [2.05, 4.69) is 32.6 Å². The van der Waals surface area contributed by atoms with Crippen LogP contribution in [0.25, 0.3) is 11.3 Å². The van der Waals surface area contributed by atoms with Crippen LogP contribution in [0.1, 0.15) is 12.0 Å². The van der Waals surface area contributed by atoms with Crippen molar-refractivity contribution in [1.82, 2.24) is 9.97 Å². The van der Waals surface area contributed by atoms with E-state index in [0.29, 0.717) is 5.95 Å². The van der Waals surface area contributed by atoms with Gasteiger partial charge in [-0.1, -0.05) is 29.4 Å². The Hall–Kier alpha value is -2.77. The fraction of sp³-hybridized carbons (Fsp3) is 0.200. The van der Waals surface area contributed by atoms with Gasteiger partial charge < -0.3 is 10.4 Å². The number of nitroso groups, excluding NO2 is 1. The molecule has 0 radical (unpaired) electrons. The molecule has 2 aromatic carbocycles. The molecule has 0 bridgehead atoms. The van der Waals surface area contributed by atoms with Gasteiger partial charge in [-0.05, 0) is 42.3 Å². The van der Waals surface area contributed by atoms with Crippen molar-refractivity contribution in [2.75, 3.05) is 17.7 Å². The monoisotopic (exact) mass is 380 g/mol. The van der Waals surface area contributed by atoms with Gasteiger partial charge in [-0.25, -0.2) is 9.97 Å². The smallest absolute Gasteiger partial charge is 0.227 e. The molecule has 0 spiro atoms. The van der Waals surface area contributed by atoms with Crippen molar-refractivity contribution in [3.05, 3.63) is 71.3 Å². The van der Waals surface area contributed by atoms with Crippen LogP contribution < -0.4 is 5.32 Å². The highest BCUT2D eigenvalue weighted by Crippen LogP contribution is 2.24. The van der Waals surface area contributed by atoms with Crippen LogP contribution in [0, 0.1) is 4.91 Å². The molecule has 0 atom stereocenters. The topological polar surface area (TPSA) is 87.5 Å². The minimum absolute atomic E-state index is 0.167. The summed E-state index contributed by atoms with van der Waals surface area (Å²) in [6.07, 6.45) is 2.51. The average molecular weight is 380 g/mol. The summed E-state index contributed by atoms with van der Waals surface area (Å²) in [5.41, 5.74) is 3.56. The number of rotatable bonds is 9. The number of aromatic nitrogens is 2. The Balaban J connectivity index is 1.68. The highest BCUT2D eigenvalue weighted by Gasteiger charge is 2.04. The van der Waals surface area contributed by atoms with E-state index in [0.717, 1.165) is 34.7 Å². The average Bonchev–Trinajstić information content (AvgIpc) is 2.71. The van der Waals surface area contributed by atoms with Crippen LogP contribution in [0.15, 0.2) is 70.9 Å². The maximum atomic E-state index is 10.3. The molecule has 3 aromatic rings. The molecule has 0 aliphatic heterocycles. The van der Waals surface area contributed by atoms with E-state index in [4.69, 9.17) is 5.11 Å². The summed E-state index contributed by atoms with van der Waals surface area (Å²) in [6, 6.07) is 17.5. The van der Waals surface area contributed by atoms with E-state index in [1.54, 1.807) is 18.0 Å². The molecular weight excluding hydrogens is 360 g/mol. The summed E-state index contributed by atoms with van der Waals surface area (Å²) < 4.78 is 0. The van der Waals surface area contributed by atoms with Crippen molar-refractivity contribution in [2.24, 2.45) is 5.18 Å². The molecular formula is C20H20N4O2S. The summed E-state index contributed by atoms with van der Waals surface area (Å²) in [5.74, 6) is 1.41. The standard InChI is InChI=1S/C20H20N4O2S/c25-12-1-13-27-18-8-4-16(5-9-18)19-10-11-21-20(24-19)23-17-6-2-15(3-7-17)14-22-26/h2-11,25H,1,12-14H2,(H,21,23,24). The third-order valence-electron chi connectivity index (χ3n) is 3.83. The lowest BCUT2D eigenvalue weighted by Crippen LogP contribution is -1.98. The molecule has 0 saturated carbocycles. The number of thioether (sulfide) groups is 1. The molecule has 0 aliphatic rings. The van der Waals surface area contributed by atoms with Gasteiger partial charge in [-0.3, -0.25) is 0 Å². The molecule has 0 unspecified atom stereocenters. The molecule has 0 amide bonds. The highest BCUT2D eigenvalue weighted by atomic mass is 32.2. The van der Waals surface area contributed by atoms with Crippen molar-refractivity contribution in [2.45, 2.75) is 17.9 Å². The zero-order chi connectivity index (χ0) is 18.9.